The number of hydrogen-bond acceptors (Lipinski definition) is 5. The second-order valence-corrected chi connectivity index (χ2v) is 5.91. The van der Waals surface area contributed by atoms with Gasteiger partial charge in [-0.05, 0) is 36.8 Å². The first-order valence-electron chi connectivity index (χ1n) is 5.74. The van der Waals surface area contributed by atoms with E-state index in [1.165, 1.54) is 12.2 Å². The Balaban J connectivity index is 1.89. The van der Waals surface area contributed by atoms with Crippen molar-refractivity contribution >= 4 is 29.1 Å². The van der Waals surface area contributed by atoms with E-state index >= 15 is 0 Å². The number of rotatable bonds is 2. The lowest BCUT2D eigenvalue weighted by Gasteiger charge is -2.00. The molecule has 2 aromatic rings. The first-order chi connectivity index (χ1) is 8.74. The highest BCUT2D eigenvalue weighted by atomic mass is 35.5. The summed E-state index contributed by atoms with van der Waals surface area (Å²) in [6.07, 6.45) is 2.33. The minimum absolute atomic E-state index is 0.367. The Bertz CT molecular complexity index is 566. The summed E-state index contributed by atoms with van der Waals surface area (Å²) in [5.41, 5.74) is 7.02. The number of nitrogens with zero attached hydrogens (tertiary/aromatic N) is 2. The second-order valence-electron chi connectivity index (χ2n) is 4.20. The summed E-state index contributed by atoms with van der Waals surface area (Å²) >= 11 is 7.86. The molecule has 3 rings (SSSR count). The Hall–Kier alpha value is -1.20. The van der Waals surface area contributed by atoms with E-state index < -0.39 is 0 Å². The van der Waals surface area contributed by atoms with Gasteiger partial charge in [-0.3, -0.25) is 0 Å². The van der Waals surface area contributed by atoms with E-state index in [9.17, 15) is 0 Å². The SMILES string of the molecule is Nc1ccc(-c2nc(C3CCCS3)no2)cc1Cl. The molecule has 2 heterocycles. The summed E-state index contributed by atoms with van der Waals surface area (Å²) in [7, 11) is 0. The van der Waals surface area contributed by atoms with Gasteiger partial charge in [-0.1, -0.05) is 16.8 Å². The molecule has 6 heteroatoms. The number of thioether (sulfide) groups is 1. The molecule has 2 N–H and O–H groups in total. The quantitative estimate of drug-likeness (QED) is 0.853. The fourth-order valence-corrected chi connectivity index (χ4v) is 3.30. The van der Waals surface area contributed by atoms with Crippen molar-refractivity contribution in [3.8, 4) is 11.5 Å². The highest BCUT2D eigenvalue weighted by molar-refractivity contribution is 7.99. The van der Waals surface area contributed by atoms with Crippen LogP contribution in [-0.4, -0.2) is 15.9 Å². The van der Waals surface area contributed by atoms with Gasteiger partial charge in [0.25, 0.3) is 5.89 Å². The molecule has 18 heavy (non-hydrogen) atoms. The first kappa shape index (κ1) is 11.9. The van der Waals surface area contributed by atoms with Crippen molar-refractivity contribution in [3.05, 3.63) is 29.0 Å². The maximum atomic E-state index is 5.98. The zero-order valence-electron chi connectivity index (χ0n) is 9.60. The van der Waals surface area contributed by atoms with E-state index in [0.717, 1.165) is 17.8 Å². The molecular weight excluding hydrogens is 270 g/mol. The van der Waals surface area contributed by atoms with Gasteiger partial charge in [0.15, 0.2) is 5.82 Å². The number of hydrogen-bond donors (Lipinski definition) is 1. The summed E-state index contributed by atoms with van der Waals surface area (Å²) in [6, 6.07) is 5.32. The van der Waals surface area contributed by atoms with Crippen LogP contribution in [0.5, 0.6) is 0 Å². The number of nitrogen functional groups attached to an aromatic ring is 1. The Kier molecular flexibility index (Phi) is 3.18. The van der Waals surface area contributed by atoms with Crippen LogP contribution < -0.4 is 5.73 Å². The highest BCUT2D eigenvalue weighted by Gasteiger charge is 2.23. The number of halogens is 1. The smallest absolute Gasteiger partial charge is 0.258 e. The Morgan fingerprint density at radius 1 is 1.44 bits per heavy atom. The molecule has 1 aliphatic rings. The molecule has 94 valence electrons. The molecule has 4 nitrogen and oxygen atoms in total. The molecule has 0 spiro atoms. The zero-order valence-corrected chi connectivity index (χ0v) is 11.2. The molecule has 0 saturated carbocycles. The Morgan fingerprint density at radius 2 is 2.33 bits per heavy atom. The van der Waals surface area contributed by atoms with Crippen molar-refractivity contribution in [2.45, 2.75) is 18.1 Å². The largest absolute Gasteiger partial charge is 0.398 e. The summed E-state index contributed by atoms with van der Waals surface area (Å²) in [5.74, 6) is 2.45. The van der Waals surface area contributed by atoms with Crippen LogP contribution in [0.15, 0.2) is 22.7 Å². The summed E-state index contributed by atoms with van der Waals surface area (Å²) in [5, 5.41) is 4.92. The van der Waals surface area contributed by atoms with Crippen LogP contribution in [0.3, 0.4) is 0 Å². The van der Waals surface area contributed by atoms with Crippen molar-refractivity contribution < 1.29 is 4.52 Å². The van der Waals surface area contributed by atoms with Crippen LogP contribution in [-0.2, 0) is 0 Å². The van der Waals surface area contributed by atoms with E-state index in [1.54, 1.807) is 12.1 Å². The number of aromatic nitrogens is 2. The summed E-state index contributed by atoms with van der Waals surface area (Å²) in [6.45, 7) is 0. The lowest BCUT2D eigenvalue weighted by Crippen LogP contribution is -1.91. The van der Waals surface area contributed by atoms with Gasteiger partial charge in [-0.25, -0.2) is 0 Å². The molecule has 1 atom stereocenters. The molecule has 1 fully saturated rings. The predicted octanol–water partition coefficient (Wildman–Crippen LogP) is 3.54. The second kappa shape index (κ2) is 4.82. The van der Waals surface area contributed by atoms with Gasteiger partial charge < -0.3 is 10.3 Å². The average Bonchev–Trinajstić information content (AvgIpc) is 3.01. The molecule has 1 aromatic heterocycles. The third-order valence-corrected chi connectivity index (χ3v) is 4.61. The molecule has 1 aromatic carbocycles. The van der Waals surface area contributed by atoms with Gasteiger partial charge in [0.2, 0.25) is 0 Å². The average molecular weight is 282 g/mol. The van der Waals surface area contributed by atoms with Crippen molar-refractivity contribution in [1.29, 1.82) is 0 Å². The molecule has 0 aliphatic carbocycles. The summed E-state index contributed by atoms with van der Waals surface area (Å²) in [4.78, 5) is 4.44. The molecule has 0 amide bonds. The molecule has 1 unspecified atom stereocenters. The minimum atomic E-state index is 0.367. The van der Waals surface area contributed by atoms with Crippen molar-refractivity contribution in [2.24, 2.45) is 0 Å². The maximum absolute atomic E-state index is 5.98. The molecule has 1 aliphatic heterocycles. The standard InChI is InChI=1S/C12H12ClN3OS/c13-8-6-7(3-4-9(8)14)12-15-11(16-17-12)10-2-1-5-18-10/h3-4,6,10H,1-2,5,14H2. The predicted molar refractivity (Wildman–Crippen MR) is 73.6 cm³/mol. The van der Waals surface area contributed by atoms with E-state index in [-0.39, 0.29) is 0 Å². The number of nitrogens with two attached hydrogens (primary N) is 1. The number of benzene rings is 1. The monoisotopic (exact) mass is 281 g/mol. The minimum Gasteiger partial charge on any atom is -0.398 e. The van der Waals surface area contributed by atoms with E-state index in [1.807, 2.05) is 17.8 Å². The van der Waals surface area contributed by atoms with Crippen LogP contribution in [0.4, 0.5) is 5.69 Å². The van der Waals surface area contributed by atoms with Crippen molar-refractivity contribution in [3.63, 3.8) is 0 Å². The number of anilines is 1. The lowest BCUT2D eigenvalue weighted by molar-refractivity contribution is 0.421. The normalized spacial score (nSPS) is 19.3. The van der Waals surface area contributed by atoms with E-state index in [0.29, 0.717) is 21.9 Å². The van der Waals surface area contributed by atoms with Crippen molar-refractivity contribution in [1.82, 2.24) is 10.1 Å². The third kappa shape index (κ3) is 2.20. The third-order valence-electron chi connectivity index (χ3n) is 2.91. The Labute approximate surface area is 114 Å². The fraction of sp³-hybridized carbons (Fsp3) is 0.333. The lowest BCUT2D eigenvalue weighted by atomic mass is 10.2. The van der Waals surface area contributed by atoms with Crippen LogP contribution in [0.25, 0.3) is 11.5 Å². The van der Waals surface area contributed by atoms with Crippen LogP contribution in [0, 0.1) is 0 Å². The zero-order chi connectivity index (χ0) is 12.5. The van der Waals surface area contributed by atoms with Gasteiger partial charge >= 0.3 is 0 Å². The fourth-order valence-electron chi connectivity index (χ4n) is 1.92. The highest BCUT2D eigenvalue weighted by Crippen LogP contribution is 2.39. The van der Waals surface area contributed by atoms with Gasteiger partial charge in [0.1, 0.15) is 0 Å². The Morgan fingerprint density at radius 3 is 3.06 bits per heavy atom. The molecule has 1 saturated heterocycles. The summed E-state index contributed by atoms with van der Waals surface area (Å²) < 4.78 is 5.28. The van der Waals surface area contributed by atoms with Gasteiger partial charge in [-0.2, -0.15) is 16.7 Å². The molecular formula is C12H12ClN3OS. The first-order valence-corrected chi connectivity index (χ1v) is 7.17. The molecule has 0 bridgehead atoms. The molecule has 0 radical (unpaired) electrons. The van der Waals surface area contributed by atoms with Crippen LogP contribution >= 0.6 is 23.4 Å². The topological polar surface area (TPSA) is 64.9 Å². The van der Waals surface area contributed by atoms with E-state index in [4.69, 9.17) is 21.9 Å². The van der Waals surface area contributed by atoms with Gasteiger partial charge in [0.05, 0.1) is 16.0 Å². The van der Waals surface area contributed by atoms with Gasteiger partial charge in [-0.15, -0.1) is 0 Å². The van der Waals surface area contributed by atoms with Crippen LogP contribution in [0.2, 0.25) is 5.02 Å². The van der Waals surface area contributed by atoms with E-state index in [2.05, 4.69) is 10.1 Å². The maximum Gasteiger partial charge on any atom is 0.258 e. The van der Waals surface area contributed by atoms with Crippen LogP contribution in [0.1, 0.15) is 23.9 Å². The van der Waals surface area contributed by atoms with Crippen molar-refractivity contribution in [2.75, 3.05) is 11.5 Å². The van der Waals surface area contributed by atoms with Gasteiger partial charge in [0, 0.05) is 5.56 Å².